The third-order valence-electron chi connectivity index (χ3n) is 4.71. The lowest BCUT2D eigenvalue weighted by Gasteiger charge is -2.32. The van der Waals surface area contributed by atoms with Gasteiger partial charge in [-0.05, 0) is 19.2 Å². The highest BCUT2D eigenvalue weighted by atomic mass is 16.5. The monoisotopic (exact) mass is 345 g/mol. The maximum Gasteiger partial charge on any atom is 0.258 e. The first-order chi connectivity index (χ1) is 12.0. The summed E-state index contributed by atoms with van der Waals surface area (Å²) >= 11 is 0. The zero-order valence-electron chi connectivity index (χ0n) is 15.0. The Morgan fingerprint density at radius 2 is 1.52 bits per heavy atom. The quantitative estimate of drug-likeness (QED) is 0.829. The van der Waals surface area contributed by atoms with E-state index >= 15 is 0 Å². The average molecular weight is 345 g/mol. The van der Waals surface area contributed by atoms with Crippen molar-refractivity contribution in [2.75, 3.05) is 47.4 Å². The topological polar surface area (TPSA) is 64.0 Å². The number of carbonyl (C=O) groups excluding carboxylic acids is 1. The predicted molar refractivity (Wildman–Crippen MR) is 95.7 cm³/mol. The molecule has 0 radical (unpaired) electrons. The third kappa shape index (κ3) is 3.07. The van der Waals surface area contributed by atoms with Crippen LogP contribution in [-0.2, 0) is 7.05 Å². The zero-order valence-corrected chi connectivity index (χ0v) is 15.0. The molecule has 0 N–H and O–H groups in total. The second kappa shape index (κ2) is 6.76. The van der Waals surface area contributed by atoms with Gasteiger partial charge in [0.2, 0.25) is 0 Å². The van der Waals surface area contributed by atoms with Gasteiger partial charge in [0.25, 0.3) is 11.5 Å². The Morgan fingerprint density at radius 1 is 0.960 bits per heavy atom. The van der Waals surface area contributed by atoms with Crippen molar-refractivity contribution in [3.63, 3.8) is 0 Å². The summed E-state index contributed by atoms with van der Waals surface area (Å²) in [6.07, 6.45) is 1.61. The number of methoxy groups -OCH3 is 2. The van der Waals surface area contributed by atoms with Gasteiger partial charge in [0.1, 0.15) is 0 Å². The van der Waals surface area contributed by atoms with Crippen LogP contribution in [0.2, 0.25) is 0 Å². The Labute approximate surface area is 146 Å². The van der Waals surface area contributed by atoms with Gasteiger partial charge >= 0.3 is 0 Å². The highest BCUT2D eigenvalue weighted by Crippen LogP contribution is 2.32. The first-order valence-electron chi connectivity index (χ1n) is 8.19. The summed E-state index contributed by atoms with van der Waals surface area (Å²) in [6, 6.07) is 3.34. The van der Waals surface area contributed by atoms with Crippen molar-refractivity contribution in [3.8, 4) is 11.5 Å². The van der Waals surface area contributed by atoms with Crippen molar-refractivity contribution in [2.45, 2.75) is 0 Å². The molecule has 2 aromatic rings. The van der Waals surface area contributed by atoms with Gasteiger partial charge in [-0.15, -0.1) is 0 Å². The molecule has 0 unspecified atom stereocenters. The number of hydrogen-bond acceptors (Lipinski definition) is 5. The van der Waals surface area contributed by atoms with Gasteiger partial charge in [-0.25, -0.2) is 0 Å². The normalized spacial score (nSPS) is 15.4. The predicted octanol–water partition coefficient (Wildman–Crippen LogP) is 0.943. The molecule has 0 saturated carbocycles. The van der Waals surface area contributed by atoms with Gasteiger partial charge in [0, 0.05) is 44.8 Å². The number of aryl methyl sites for hydroxylation is 1. The summed E-state index contributed by atoms with van der Waals surface area (Å²) in [5, 5.41) is 1.03. The van der Waals surface area contributed by atoms with E-state index in [-0.39, 0.29) is 11.5 Å². The summed E-state index contributed by atoms with van der Waals surface area (Å²) in [4.78, 5) is 29.6. The fraction of sp³-hybridized carbons (Fsp3) is 0.444. The summed E-state index contributed by atoms with van der Waals surface area (Å²) in [5.41, 5.74) is 0.327. The molecule has 7 heteroatoms. The zero-order chi connectivity index (χ0) is 18.1. The van der Waals surface area contributed by atoms with E-state index in [1.165, 1.54) is 18.8 Å². The number of rotatable bonds is 3. The van der Waals surface area contributed by atoms with Crippen LogP contribution >= 0.6 is 0 Å². The molecule has 1 saturated heterocycles. The number of pyridine rings is 1. The summed E-state index contributed by atoms with van der Waals surface area (Å²) in [5.74, 6) is 0.896. The van der Waals surface area contributed by atoms with Crippen LogP contribution in [0.1, 0.15) is 10.4 Å². The van der Waals surface area contributed by atoms with Crippen LogP contribution in [0.15, 0.2) is 23.1 Å². The Kier molecular flexibility index (Phi) is 4.67. The molecule has 1 aromatic heterocycles. The summed E-state index contributed by atoms with van der Waals surface area (Å²) < 4.78 is 12.1. The molecule has 1 amide bonds. The number of piperazine rings is 1. The number of aromatic nitrogens is 1. The number of carbonyl (C=O) groups is 1. The molecular weight excluding hydrogens is 322 g/mol. The number of hydrogen-bond donors (Lipinski definition) is 0. The molecule has 3 rings (SSSR count). The molecule has 0 spiro atoms. The summed E-state index contributed by atoms with van der Waals surface area (Å²) in [6.45, 7) is 3.03. The molecule has 7 nitrogen and oxygen atoms in total. The standard InChI is InChI=1S/C18H23N3O4/c1-19-5-7-21(8-6-19)18(23)14-11-20(2)17(22)13-10-16(25-4)15(24-3)9-12(13)14/h9-11H,5-8H2,1-4H3. The van der Waals surface area contributed by atoms with E-state index in [0.29, 0.717) is 40.9 Å². The minimum absolute atomic E-state index is 0.0686. The lowest BCUT2D eigenvalue weighted by atomic mass is 10.0. The number of ether oxygens (including phenoxy) is 2. The van der Waals surface area contributed by atoms with E-state index in [9.17, 15) is 9.59 Å². The van der Waals surface area contributed by atoms with Gasteiger partial charge in [0.15, 0.2) is 11.5 Å². The molecule has 1 aliphatic heterocycles. The average Bonchev–Trinajstić information content (AvgIpc) is 2.63. The van der Waals surface area contributed by atoms with Gasteiger partial charge < -0.3 is 23.8 Å². The molecule has 1 aliphatic rings. The molecule has 0 atom stereocenters. The fourth-order valence-corrected chi connectivity index (χ4v) is 3.14. The minimum Gasteiger partial charge on any atom is -0.493 e. The number of nitrogens with zero attached hydrogens (tertiary/aromatic N) is 3. The summed E-state index contributed by atoms with van der Waals surface area (Å²) in [7, 11) is 6.75. The molecule has 25 heavy (non-hydrogen) atoms. The number of fused-ring (bicyclic) bond motifs is 1. The highest BCUT2D eigenvalue weighted by Gasteiger charge is 2.24. The van der Waals surface area contributed by atoms with E-state index in [0.717, 1.165) is 13.1 Å². The first kappa shape index (κ1) is 17.3. The van der Waals surface area contributed by atoms with Crippen molar-refractivity contribution in [1.82, 2.24) is 14.4 Å². The SMILES string of the molecule is COc1cc2c(C(=O)N3CCN(C)CC3)cn(C)c(=O)c2cc1OC. The highest BCUT2D eigenvalue weighted by molar-refractivity contribution is 6.07. The van der Waals surface area contributed by atoms with E-state index in [1.807, 2.05) is 11.9 Å². The number of likely N-dealkylation sites (N-methyl/N-ethyl adjacent to an activating group) is 1. The molecule has 0 aliphatic carbocycles. The van der Waals surface area contributed by atoms with E-state index in [4.69, 9.17) is 9.47 Å². The Hall–Kier alpha value is -2.54. The molecule has 134 valence electrons. The molecular formula is C18H23N3O4. The van der Waals surface area contributed by atoms with Crippen molar-refractivity contribution < 1.29 is 14.3 Å². The van der Waals surface area contributed by atoms with Gasteiger partial charge in [-0.3, -0.25) is 9.59 Å². The van der Waals surface area contributed by atoms with Crippen LogP contribution < -0.4 is 15.0 Å². The number of benzene rings is 1. The van der Waals surface area contributed by atoms with E-state index in [2.05, 4.69) is 4.90 Å². The van der Waals surface area contributed by atoms with Crippen molar-refractivity contribution in [1.29, 1.82) is 0 Å². The van der Waals surface area contributed by atoms with E-state index < -0.39 is 0 Å². The van der Waals surface area contributed by atoms with Crippen LogP contribution in [0.4, 0.5) is 0 Å². The minimum atomic E-state index is -0.175. The van der Waals surface area contributed by atoms with Crippen LogP contribution in [0, 0.1) is 0 Å². The largest absolute Gasteiger partial charge is 0.493 e. The van der Waals surface area contributed by atoms with Crippen molar-refractivity contribution in [3.05, 3.63) is 34.2 Å². The number of amides is 1. The van der Waals surface area contributed by atoms with Crippen LogP contribution in [0.3, 0.4) is 0 Å². The first-order valence-corrected chi connectivity index (χ1v) is 8.19. The molecule has 1 aromatic carbocycles. The van der Waals surface area contributed by atoms with Crippen LogP contribution in [-0.4, -0.2) is 67.7 Å². The Morgan fingerprint density at radius 3 is 2.08 bits per heavy atom. The van der Waals surface area contributed by atoms with Crippen LogP contribution in [0.25, 0.3) is 10.8 Å². The van der Waals surface area contributed by atoms with Crippen LogP contribution in [0.5, 0.6) is 11.5 Å². The Balaban J connectivity index is 2.15. The maximum atomic E-state index is 13.1. The second-order valence-corrected chi connectivity index (χ2v) is 6.31. The molecule has 0 bridgehead atoms. The maximum absolute atomic E-state index is 13.1. The molecule has 2 heterocycles. The smallest absolute Gasteiger partial charge is 0.258 e. The third-order valence-corrected chi connectivity index (χ3v) is 4.71. The Bertz CT molecular complexity index is 867. The van der Waals surface area contributed by atoms with Crippen molar-refractivity contribution in [2.24, 2.45) is 7.05 Å². The van der Waals surface area contributed by atoms with Gasteiger partial charge in [-0.2, -0.15) is 0 Å². The van der Waals surface area contributed by atoms with Crippen molar-refractivity contribution >= 4 is 16.7 Å². The fourth-order valence-electron chi connectivity index (χ4n) is 3.14. The van der Waals surface area contributed by atoms with Gasteiger partial charge in [-0.1, -0.05) is 0 Å². The lowest BCUT2D eigenvalue weighted by Crippen LogP contribution is -2.47. The van der Waals surface area contributed by atoms with E-state index in [1.54, 1.807) is 25.4 Å². The molecule has 1 fully saturated rings. The van der Waals surface area contributed by atoms with Gasteiger partial charge in [0.05, 0.1) is 25.2 Å². The second-order valence-electron chi connectivity index (χ2n) is 6.31. The lowest BCUT2D eigenvalue weighted by molar-refractivity contribution is 0.0665.